The van der Waals surface area contributed by atoms with Gasteiger partial charge in [-0.15, -0.1) is 0 Å². The molecule has 0 radical (unpaired) electrons. The molecular weight excluding hydrogens is 310 g/mol. The zero-order valence-corrected chi connectivity index (χ0v) is 14.5. The normalized spacial score (nSPS) is 22.8. The summed E-state index contributed by atoms with van der Waals surface area (Å²) in [4.78, 5) is 17.5. The predicted octanol–water partition coefficient (Wildman–Crippen LogP) is 3.14. The highest BCUT2D eigenvalue weighted by Crippen LogP contribution is 2.32. The number of Topliss-reactive ketones (excluding diaryl/α,β-unsaturated/α-hetero) is 1. The molecule has 0 saturated heterocycles. The largest absolute Gasteiger partial charge is 0.370 e. The van der Waals surface area contributed by atoms with E-state index in [1.165, 1.54) is 29.5 Å². The number of guanidine groups is 1. The monoisotopic (exact) mass is 333 g/mol. The molecule has 1 aliphatic carbocycles. The third-order valence-electron chi connectivity index (χ3n) is 5.21. The van der Waals surface area contributed by atoms with Gasteiger partial charge in [-0.05, 0) is 54.9 Å². The van der Waals surface area contributed by atoms with Crippen LogP contribution in [0.5, 0.6) is 0 Å². The maximum absolute atomic E-state index is 13.1. The lowest BCUT2D eigenvalue weighted by Crippen LogP contribution is -2.45. The fourth-order valence-corrected chi connectivity index (χ4v) is 3.79. The van der Waals surface area contributed by atoms with Crippen LogP contribution in [-0.2, 0) is 17.6 Å². The molecule has 2 aromatic carbocycles. The molecule has 4 rings (SSSR count). The van der Waals surface area contributed by atoms with Crippen LogP contribution in [0.3, 0.4) is 0 Å². The number of nitrogens with one attached hydrogen (secondary N) is 1. The van der Waals surface area contributed by atoms with Crippen molar-refractivity contribution in [2.24, 2.45) is 10.7 Å². The molecule has 0 spiro atoms. The molecule has 1 aliphatic heterocycles. The molecule has 2 atom stereocenters. The van der Waals surface area contributed by atoms with Gasteiger partial charge < -0.3 is 11.1 Å². The Labute approximate surface area is 148 Å². The average molecular weight is 333 g/mol. The van der Waals surface area contributed by atoms with Crippen LogP contribution in [-0.4, -0.2) is 11.7 Å². The molecule has 4 nitrogen and oxygen atoms in total. The van der Waals surface area contributed by atoms with Crippen molar-refractivity contribution in [2.75, 3.05) is 0 Å². The SMILES string of the molecule is Cc1ccc(C2NC(N)=NC(c3ccc4c(c3)CCCC4)C2=O)cc1. The van der Waals surface area contributed by atoms with E-state index in [1.54, 1.807) is 0 Å². The van der Waals surface area contributed by atoms with Gasteiger partial charge in [0.05, 0.1) is 0 Å². The first-order chi connectivity index (χ1) is 12.1. The molecule has 2 aliphatic rings. The lowest BCUT2D eigenvalue weighted by atomic mass is 9.86. The van der Waals surface area contributed by atoms with Crippen molar-refractivity contribution >= 4 is 11.7 Å². The van der Waals surface area contributed by atoms with Crippen LogP contribution in [0.2, 0.25) is 0 Å². The average Bonchev–Trinajstić information content (AvgIpc) is 2.64. The van der Waals surface area contributed by atoms with E-state index in [0.717, 1.165) is 24.0 Å². The first-order valence-corrected chi connectivity index (χ1v) is 8.93. The van der Waals surface area contributed by atoms with E-state index < -0.39 is 12.1 Å². The minimum Gasteiger partial charge on any atom is -0.370 e. The second kappa shape index (κ2) is 6.36. The Morgan fingerprint density at radius 2 is 1.68 bits per heavy atom. The Morgan fingerprint density at radius 3 is 2.44 bits per heavy atom. The molecule has 0 aromatic heterocycles. The van der Waals surface area contributed by atoms with Crippen LogP contribution >= 0.6 is 0 Å². The highest BCUT2D eigenvalue weighted by Gasteiger charge is 2.34. The van der Waals surface area contributed by atoms with Crippen molar-refractivity contribution in [3.05, 3.63) is 70.3 Å². The van der Waals surface area contributed by atoms with Crippen LogP contribution in [0.1, 0.15) is 52.7 Å². The number of ketones is 1. The summed E-state index contributed by atoms with van der Waals surface area (Å²) < 4.78 is 0. The molecule has 0 amide bonds. The van der Waals surface area contributed by atoms with Gasteiger partial charge in [-0.25, -0.2) is 4.99 Å². The molecular formula is C21H23N3O. The standard InChI is InChI=1S/C21H23N3O/c1-13-6-8-15(9-7-13)18-20(25)19(24-21(22)23-18)17-11-10-14-4-2-3-5-16(14)12-17/h6-12,18-19H,2-5H2,1H3,(H3,22,23,24). The van der Waals surface area contributed by atoms with Crippen LogP contribution in [0.15, 0.2) is 47.5 Å². The molecule has 25 heavy (non-hydrogen) atoms. The summed E-state index contributed by atoms with van der Waals surface area (Å²) in [6, 6.07) is 13.4. The Morgan fingerprint density at radius 1 is 1.00 bits per heavy atom. The van der Waals surface area contributed by atoms with Gasteiger partial charge in [0.1, 0.15) is 12.1 Å². The summed E-state index contributed by atoms with van der Waals surface area (Å²) in [5.74, 6) is 0.377. The summed E-state index contributed by atoms with van der Waals surface area (Å²) in [5, 5.41) is 3.04. The smallest absolute Gasteiger partial charge is 0.190 e. The number of aliphatic imine (C=N–C) groups is 1. The van der Waals surface area contributed by atoms with Gasteiger partial charge in [0.15, 0.2) is 11.7 Å². The first kappa shape index (κ1) is 15.9. The molecule has 0 fully saturated rings. The number of nitrogens with zero attached hydrogens (tertiary/aromatic N) is 1. The minimum absolute atomic E-state index is 0.0498. The number of hydrogen-bond acceptors (Lipinski definition) is 4. The van der Waals surface area contributed by atoms with Crippen molar-refractivity contribution in [3.63, 3.8) is 0 Å². The molecule has 1 heterocycles. The lowest BCUT2D eigenvalue weighted by Gasteiger charge is -2.28. The number of nitrogens with two attached hydrogens (primary N) is 1. The summed E-state index contributed by atoms with van der Waals surface area (Å²) in [6.45, 7) is 2.03. The number of carbonyl (C=O) groups excluding carboxylic acids is 1. The maximum Gasteiger partial charge on any atom is 0.190 e. The highest BCUT2D eigenvalue weighted by atomic mass is 16.1. The number of rotatable bonds is 2. The van der Waals surface area contributed by atoms with Crippen molar-refractivity contribution in [2.45, 2.75) is 44.7 Å². The van der Waals surface area contributed by atoms with Gasteiger partial charge in [-0.2, -0.15) is 0 Å². The van der Waals surface area contributed by atoms with Gasteiger partial charge in [0.25, 0.3) is 0 Å². The summed E-state index contributed by atoms with van der Waals surface area (Å²) >= 11 is 0. The fourth-order valence-electron chi connectivity index (χ4n) is 3.79. The fraction of sp³-hybridized carbons (Fsp3) is 0.333. The third-order valence-corrected chi connectivity index (χ3v) is 5.21. The van der Waals surface area contributed by atoms with Gasteiger partial charge in [-0.1, -0.05) is 48.0 Å². The number of benzene rings is 2. The van der Waals surface area contributed by atoms with E-state index in [4.69, 9.17) is 5.73 Å². The van der Waals surface area contributed by atoms with E-state index in [9.17, 15) is 4.79 Å². The quantitative estimate of drug-likeness (QED) is 0.887. The van der Waals surface area contributed by atoms with E-state index in [0.29, 0.717) is 5.96 Å². The van der Waals surface area contributed by atoms with Crippen molar-refractivity contribution in [1.29, 1.82) is 0 Å². The van der Waals surface area contributed by atoms with Crippen LogP contribution in [0.25, 0.3) is 0 Å². The van der Waals surface area contributed by atoms with Gasteiger partial charge in [-0.3, -0.25) is 4.79 Å². The molecule has 0 bridgehead atoms. The van der Waals surface area contributed by atoms with Crippen LogP contribution in [0, 0.1) is 6.92 Å². The summed E-state index contributed by atoms with van der Waals surface area (Å²) in [7, 11) is 0. The van der Waals surface area contributed by atoms with Gasteiger partial charge in [0.2, 0.25) is 0 Å². The van der Waals surface area contributed by atoms with Gasteiger partial charge >= 0.3 is 0 Å². The zero-order chi connectivity index (χ0) is 17.4. The molecule has 128 valence electrons. The predicted molar refractivity (Wildman–Crippen MR) is 99.5 cm³/mol. The second-order valence-electron chi connectivity index (χ2n) is 7.04. The Hall–Kier alpha value is -2.62. The van der Waals surface area contributed by atoms with E-state index >= 15 is 0 Å². The lowest BCUT2D eigenvalue weighted by molar-refractivity contribution is -0.122. The van der Waals surface area contributed by atoms with Crippen molar-refractivity contribution in [1.82, 2.24) is 5.32 Å². The number of hydrogen-bond donors (Lipinski definition) is 2. The van der Waals surface area contributed by atoms with Crippen molar-refractivity contribution in [3.8, 4) is 0 Å². The van der Waals surface area contributed by atoms with E-state index in [2.05, 4.69) is 22.4 Å². The highest BCUT2D eigenvalue weighted by molar-refractivity contribution is 5.99. The Bertz CT molecular complexity index is 839. The van der Waals surface area contributed by atoms with Crippen LogP contribution < -0.4 is 11.1 Å². The van der Waals surface area contributed by atoms with Crippen LogP contribution in [0.4, 0.5) is 0 Å². The second-order valence-corrected chi connectivity index (χ2v) is 7.04. The topological polar surface area (TPSA) is 67.5 Å². The molecule has 4 heteroatoms. The summed E-state index contributed by atoms with van der Waals surface area (Å²) in [6.07, 6.45) is 4.68. The van der Waals surface area contributed by atoms with E-state index in [-0.39, 0.29) is 5.78 Å². The Kier molecular flexibility index (Phi) is 4.04. The Balaban J connectivity index is 1.68. The van der Waals surface area contributed by atoms with E-state index in [1.807, 2.05) is 37.3 Å². The molecule has 3 N–H and O–H groups in total. The third kappa shape index (κ3) is 3.04. The number of carbonyl (C=O) groups is 1. The van der Waals surface area contributed by atoms with Crippen molar-refractivity contribution < 1.29 is 4.79 Å². The number of aryl methyl sites for hydroxylation is 3. The first-order valence-electron chi connectivity index (χ1n) is 8.93. The molecule has 2 unspecified atom stereocenters. The molecule has 0 saturated carbocycles. The minimum atomic E-state index is -0.528. The maximum atomic E-state index is 13.1. The van der Waals surface area contributed by atoms with Gasteiger partial charge in [0, 0.05) is 0 Å². The summed E-state index contributed by atoms with van der Waals surface area (Å²) in [5.41, 5.74) is 11.8. The zero-order valence-electron chi connectivity index (χ0n) is 14.5. The molecule has 2 aromatic rings. The number of fused-ring (bicyclic) bond motifs is 1.